The maximum absolute atomic E-state index is 12.9. The van der Waals surface area contributed by atoms with Crippen LogP contribution in [0.5, 0.6) is 0 Å². The normalized spacial score (nSPS) is 15.7. The van der Waals surface area contributed by atoms with Gasteiger partial charge in [0.15, 0.2) is 5.65 Å². The molecule has 4 aromatic heterocycles. The van der Waals surface area contributed by atoms with Crippen molar-refractivity contribution in [3.8, 4) is 11.1 Å². The van der Waals surface area contributed by atoms with Crippen molar-refractivity contribution in [3.63, 3.8) is 0 Å². The number of anilines is 1. The lowest BCUT2D eigenvalue weighted by atomic mass is 10.1. The Balaban J connectivity index is 1.27. The topological polar surface area (TPSA) is 132 Å². The van der Waals surface area contributed by atoms with Crippen LogP contribution in [-0.2, 0) is 7.05 Å². The molecular formula is C23H22N8O2. The van der Waals surface area contributed by atoms with Crippen LogP contribution in [0, 0.1) is 0 Å². The van der Waals surface area contributed by atoms with Gasteiger partial charge in [-0.1, -0.05) is 0 Å². The number of rotatable bonds is 4. The average molecular weight is 442 g/mol. The number of carbonyl (C=O) groups is 2. The van der Waals surface area contributed by atoms with E-state index in [2.05, 4.69) is 25.4 Å². The van der Waals surface area contributed by atoms with Crippen molar-refractivity contribution < 1.29 is 9.59 Å². The molecule has 1 fully saturated rings. The van der Waals surface area contributed by atoms with Gasteiger partial charge in [-0.25, -0.2) is 15.0 Å². The molecule has 2 amide bonds. The number of amides is 2. The molecule has 10 heteroatoms. The van der Waals surface area contributed by atoms with E-state index in [1.807, 2.05) is 31.4 Å². The Morgan fingerprint density at radius 1 is 1.15 bits per heavy atom. The van der Waals surface area contributed by atoms with Crippen molar-refractivity contribution in [1.29, 1.82) is 0 Å². The number of nitrogens with one attached hydrogen (secondary N) is 1. The van der Waals surface area contributed by atoms with Gasteiger partial charge < -0.3 is 16.0 Å². The van der Waals surface area contributed by atoms with Gasteiger partial charge in [-0.3, -0.25) is 14.3 Å². The fourth-order valence-electron chi connectivity index (χ4n) is 3.95. The zero-order valence-electron chi connectivity index (χ0n) is 18.0. The molecule has 0 unspecified atom stereocenters. The molecule has 0 aromatic carbocycles. The van der Waals surface area contributed by atoms with E-state index in [4.69, 9.17) is 5.73 Å². The van der Waals surface area contributed by atoms with Crippen molar-refractivity contribution in [2.24, 2.45) is 7.05 Å². The lowest BCUT2D eigenvalue weighted by Gasteiger charge is -2.17. The van der Waals surface area contributed by atoms with Gasteiger partial charge in [-0.15, -0.1) is 0 Å². The van der Waals surface area contributed by atoms with E-state index in [-0.39, 0.29) is 23.7 Å². The molecule has 1 saturated heterocycles. The number of pyridine rings is 3. The third kappa shape index (κ3) is 4.10. The zero-order chi connectivity index (χ0) is 22.9. The van der Waals surface area contributed by atoms with E-state index in [1.54, 1.807) is 40.3 Å². The Kier molecular flexibility index (Phi) is 5.17. The van der Waals surface area contributed by atoms with Crippen LogP contribution in [0.4, 0.5) is 5.82 Å². The van der Waals surface area contributed by atoms with Gasteiger partial charge >= 0.3 is 0 Å². The Labute approximate surface area is 189 Å². The Morgan fingerprint density at radius 3 is 2.85 bits per heavy atom. The first-order chi connectivity index (χ1) is 16.0. The van der Waals surface area contributed by atoms with Gasteiger partial charge in [0.2, 0.25) is 0 Å². The van der Waals surface area contributed by atoms with E-state index >= 15 is 0 Å². The summed E-state index contributed by atoms with van der Waals surface area (Å²) in [5.41, 5.74) is 8.73. The highest BCUT2D eigenvalue weighted by Gasteiger charge is 2.29. The van der Waals surface area contributed by atoms with E-state index in [9.17, 15) is 9.59 Å². The smallest absolute Gasteiger partial charge is 0.272 e. The van der Waals surface area contributed by atoms with Crippen molar-refractivity contribution >= 4 is 28.7 Å². The molecule has 33 heavy (non-hydrogen) atoms. The predicted molar refractivity (Wildman–Crippen MR) is 122 cm³/mol. The van der Waals surface area contributed by atoms with Gasteiger partial charge in [-0.2, -0.15) is 5.10 Å². The molecule has 1 aliphatic rings. The highest BCUT2D eigenvalue weighted by Crippen LogP contribution is 2.22. The number of nitrogens with two attached hydrogens (primary N) is 1. The highest BCUT2D eigenvalue weighted by molar-refractivity contribution is 6.00. The van der Waals surface area contributed by atoms with Crippen LogP contribution < -0.4 is 11.1 Å². The number of aromatic nitrogens is 5. The van der Waals surface area contributed by atoms with Crippen molar-refractivity contribution in [3.05, 3.63) is 66.4 Å². The van der Waals surface area contributed by atoms with Gasteiger partial charge in [-0.05, 0) is 36.8 Å². The Hall–Kier alpha value is -4.34. The fourth-order valence-corrected chi connectivity index (χ4v) is 3.95. The number of hydrogen-bond donors (Lipinski definition) is 2. The number of nitrogen functional groups attached to an aromatic ring is 1. The van der Waals surface area contributed by atoms with Crippen LogP contribution in [0.3, 0.4) is 0 Å². The molecule has 0 spiro atoms. The number of carbonyl (C=O) groups excluding carboxylic acids is 2. The second kappa shape index (κ2) is 8.30. The molecule has 0 radical (unpaired) electrons. The first kappa shape index (κ1) is 20.6. The summed E-state index contributed by atoms with van der Waals surface area (Å²) >= 11 is 0. The van der Waals surface area contributed by atoms with Gasteiger partial charge in [0, 0.05) is 61.3 Å². The fraction of sp³-hybridized carbons (Fsp3) is 0.217. The second-order valence-corrected chi connectivity index (χ2v) is 8.02. The van der Waals surface area contributed by atoms with Crippen molar-refractivity contribution in [1.82, 2.24) is 34.9 Å². The summed E-state index contributed by atoms with van der Waals surface area (Å²) in [5, 5.41) is 8.00. The third-order valence-electron chi connectivity index (χ3n) is 5.70. The molecule has 1 aliphatic heterocycles. The minimum absolute atomic E-state index is 0.152. The molecule has 5 rings (SSSR count). The molecule has 0 saturated carbocycles. The standard InChI is InChI=1S/C23H22N8O2/c1-30-12-16(11-27-30)15-9-18(20(24)26-10-15)22(32)28-17-6-8-31(13-17)23(33)19-5-4-14-3-2-7-25-21(14)29-19/h2-5,7,9-12,17H,6,8,13H2,1H3,(H2,24,26)(H,28,32)/t17-/m1/s1. The van der Waals surface area contributed by atoms with E-state index in [0.29, 0.717) is 36.4 Å². The zero-order valence-corrected chi connectivity index (χ0v) is 18.0. The van der Waals surface area contributed by atoms with Crippen LogP contribution >= 0.6 is 0 Å². The maximum Gasteiger partial charge on any atom is 0.272 e. The molecule has 5 heterocycles. The molecule has 0 aliphatic carbocycles. The molecule has 4 aromatic rings. The van der Waals surface area contributed by atoms with Crippen molar-refractivity contribution in [2.45, 2.75) is 12.5 Å². The maximum atomic E-state index is 12.9. The van der Waals surface area contributed by atoms with Crippen LogP contribution in [-0.4, -0.2) is 60.6 Å². The summed E-state index contributed by atoms with van der Waals surface area (Å²) in [7, 11) is 1.82. The summed E-state index contributed by atoms with van der Waals surface area (Å²) in [6.45, 7) is 0.914. The Bertz CT molecular complexity index is 1370. The summed E-state index contributed by atoms with van der Waals surface area (Å²) in [4.78, 5) is 40.3. The average Bonchev–Trinajstić information content (AvgIpc) is 3.47. The van der Waals surface area contributed by atoms with E-state index in [0.717, 1.165) is 16.5 Å². The summed E-state index contributed by atoms with van der Waals surface area (Å²) in [6, 6.07) is 8.78. The summed E-state index contributed by atoms with van der Waals surface area (Å²) < 4.78 is 1.68. The van der Waals surface area contributed by atoms with Gasteiger partial charge in [0.1, 0.15) is 11.5 Å². The molecule has 166 valence electrons. The lowest BCUT2D eigenvalue weighted by molar-refractivity contribution is 0.0778. The molecule has 3 N–H and O–H groups in total. The summed E-state index contributed by atoms with van der Waals surface area (Å²) in [6.07, 6.45) is 7.44. The van der Waals surface area contributed by atoms with E-state index < -0.39 is 0 Å². The van der Waals surface area contributed by atoms with Crippen LogP contribution in [0.1, 0.15) is 27.3 Å². The quantitative estimate of drug-likeness (QED) is 0.491. The predicted octanol–water partition coefficient (Wildman–Crippen LogP) is 1.65. The molecule has 1 atom stereocenters. The number of likely N-dealkylation sites (tertiary alicyclic amines) is 1. The van der Waals surface area contributed by atoms with E-state index in [1.165, 1.54) is 0 Å². The first-order valence-corrected chi connectivity index (χ1v) is 10.5. The highest BCUT2D eigenvalue weighted by atomic mass is 16.2. The second-order valence-electron chi connectivity index (χ2n) is 8.02. The largest absolute Gasteiger partial charge is 0.383 e. The minimum Gasteiger partial charge on any atom is -0.383 e. The lowest BCUT2D eigenvalue weighted by Crippen LogP contribution is -2.39. The van der Waals surface area contributed by atoms with Gasteiger partial charge in [0.05, 0.1) is 11.8 Å². The molecular weight excluding hydrogens is 420 g/mol. The molecule has 10 nitrogen and oxygen atoms in total. The Morgan fingerprint density at radius 2 is 2.03 bits per heavy atom. The summed E-state index contributed by atoms with van der Waals surface area (Å²) in [5.74, 6) is -0.351. The number of hydrogen-bond acceptors (Lipinski definition) is 7. The SMILES string of the molecule is Cn1cc(-c2cnc(N)c(C(=O)N[C@@H]3CCN(C(=O)c4ccc5cccnc5n4)C3)c2)cn1. The number of nitrogens with zero attached hydrogens (tertiary/aromatic N) is 6. The van der Waals surface area contributed by atoms with Crippen LogP contribution in [0.2, 0.25) is 0 Å². The van der Waals surface area contributed by atoms with Gasteiger partial charge in [0.25, 0.3) is 11.8 Å². The molecule has 0 bridgehead atoms. The number of fused-ring (bicyclic) bond motifs is 1. The third-order valence-corrected chi connectivity index (χ3v) is 5.70. The van der Waals surface area contributed by atoms with Crippen LogP contribution in [0.15, 0.2) is 55.1 Å². The monoisotopic (exact) mass is 442 g/mol. The first-order valence-electron chi connectivity index (χ1n) is 10.5. The van der Waals surface area contributed by atoms with Crippen LogP contribution in [0.25, 0.3) is 22.2 Å². The number of aryl methyl sites for hydroxylation is 1. The van der Waals surface area contributed by atoms with Crippen molar-refractivity contribution in [2.75, 3.05) is 18.8 Å². The minimum atomic E-state index is -0.321.